The zero-order chi connectivity index (χ0) is 11.7. The van der Waals surface area contributed by atoms with E-state index in [1.54, 1.807) is 6.08 Å². The van der Waals surface area contributed by atoms with Crippen molar-refractivity contribution in [1.29, 1.82) is 0 Å². The summed E-state index contributed by atoms with van der Waals surface area (Å²) in [6, 6.07) is 0. The molecule has 0 fully saturated rings. The van der Waals surface area contributed by atoms with Crippen LogP contribution in [0.5, 0.6) is 0 Å². The van der Waals surface area contributed by atoms with Crippen molar-refractivity contribution in [2.45, 2.75) is 20.3 Å². The molecular formula is C12H16O3. The highest BCUT2D eigenvalue weighted by Gasteiger charge is 1.90. The number of carboxylic acids is 1. The lowest BCUT2D eigenvalue weighted by Crippen LogP contribution is -1.88. The van der Waals surface area contributed by atoms with Crippen LogP contribution >= 0.6 is 0 Å². The second-order valence-electron chi connectivity index (χ2n) is 3.34. The standard InChI is InChI=1S/C12H16O3/c1-10(6-4-8-12(14)15)5-3-7-11(2)9-13/h3-4,6-9,11H,5H2,1-2H3,(H,14,15). The maximum atomic E-state index is 10.3. The lowest BCUT2D eigenvalue weighted by molar-refractivity contribution is -0.131. The van der Waals surface area contributed by atoms with Gasteiger partial charge in [0.25, 0.3) is 0 Å². The molecule has 0 spiro atoms. The van der Waals surface area contributed by atoms with Gasteiger partial charge in [-0.2, -0.15) is 0 Å². The maximum absolute atomic E-state index is 10.3. The number of aldehydes is 1. The minimum atomic E-state index is -0.954. The number of aliphatic carboxylic acids is 1. The van der Waals surface area contributed by atoms with E-state index in [2.05, 4.69) is 0 Å². The summed E-state index contributed by atoms with van der Waals surface area (Å²) in [5.74, 6) is -1.02. The third-order valence-electron chi connectivity index (χ3n) is 1.71. The van der Waals surface area contributed by atoms with Crippen molar-refractivity contribution in [3.8, 4) is 0 Å². The van der Waals surface area contributed by atoms with Crippen molar-refractivity contribution in [3.63, 3.8) is 0 Å². The molecule has 0 aromatic rings. The predicted octanol–water partition coefficient (Wildman–Crippen LogP) is 2.35. The lowest BCUT2D eigenvalue weighted by Gasteiger charge is -1.94. The third kappa shape index (κ3) is 8.68. The summed E-state index contributed by atoms with van der Waals surface area (Å²) in [6.07, 6.45) is 9.65. The van der Waals surface area contributed by atoms with Crippen molar-refractivity contribution in [3.05, 3.63) is 36.0 Å². The minimum absolute atomic E-state index is 0.0626. The molecule has 1 N–H and O–H groups in total. The topological polar surface area (TPSA) is 54.4 Å². The molecule has 1 unspecified atom stereocenters. The van der Waals surface area contributed by atoms with Gasteiger partial charge in [0.1, 0.15) is 6.29 Å². The number of rotatable bonds is 6. The van der Waals surface area contributed by atoms with Crippen molar-refractivity contribution >= 4 is 12.3 Å². The van der Waals surface area contributed by atoms with Gasteiger partial charge in [-0.25, -0.2) is 4.79 Å². The van der Waals surface area contributed by atoms with E-state index >= 15 is 0 Å². The van der Waals surface area contributed by atoms with Crippen molar-refractivity contribution in [2.75, 3.05) is 0 Å². The van der Waals surface area contributed by atoms with Gasteiger partial charge in [0.05, 0.1) is 0 Å². The van der Waals surface area contributed by atoms with E-state index in [1.807, 2.05) is 26.0 Å². The average molecular weight is 208 g/mol. The second-order valence-corrected chi connectivity index (χ2v) is 3.34. The van der Waals surface area contributed by atoms with Crippen molar-refractivity contribution in [2.24, 2.45) is 5.92 Å². The summed E-state index contributed by atoms with van der Waals surface area (Å²) in [7, 11) is 0. The fourth-order valence-electron chi connectivity index (χ4n) is 0.877. The lowest BCUT2D eigenvalue weighted by atomic mass is 10.1. The van der Waals surface area contributed by atoms with Gasteiger partial charge in [0.15, 0.2) is 0 Å². The van der Waals surface area contributed by atoms with Crippen LogP contribution in [0.3, 0.4) is 0 Å². The Hall–Kier alpha value is -1.64. The Labute approximate surface area is 89.8 Å². The highest BCUT2D eigenvalue weighted by molar-refractivity contribution is 5.80. The molecule has 0 aliphatic heterocycles. The quantitative estimate of drug-likeness (QED) is 0.315. The number of carboxylic acid groups (broad SMARTS) is 1. The van der Waals surface area contributed by atoms with Gasteiger partial charge in [-0.05, 0) is 13.3 Å². The molecule has 0 saturated carbocycles. The van der Waals surface area contributed by atoms with E-state index in [0.29, 0.717) is 0 Å². The van der Waals surface area contributed by atoms with Crippen LogP contribution in [-0.4, -0.2) is 17.4 Å². The largest absolute Gasteiger partial charge is 0.478 e. The number of carbonyl (C=O) groups is 2. The Morgan fingerprint density at radius 1 is 1.47 bits per heavy atom. The van der Waals surface area contributed by atoms with Gasteiger partial charge < -0.3 is 9.90 Å². The minimum Gasteiger partial charge on any atom is -0.478 e. The number of allylic oxidation sites excluding steroid dienone is 5. The van der Waals surface area contributed by atoms with Gasteiger partial charge >= 0.3 is 5.97 Å². The Bertz CT molecular complexity index is 298. The Balaban J connectivity index is 4.02. The van der Waals surface area contributed by atoms with E-state index in [0.717, 1.165) is 24.4 Å². The van der Waals surface area contributed by atoms with Gasteiger partial charge in [-0.15, -0.1) is 0 Å². The first-order chi connectivity index (χ1) is 7.06. The molecule has 3 heteroatoms. The van der Waals surface area contributed by atoms with E-state index in [9.17, 15) is 9.59 Å². The van der Waals surface area contributed by atoms with Crippen LogP contribution < -0.4 is 0 Å². The molecule has 0 aromatic carbocycles. The molecule has 15 heavy (non-hydrogen) atoms. The van der Waals surface area contributed by atoms with Crippen LogP contribution in [0.1, 0.15) is 20.3 Å². The smallest absolute Gasteiger partial charge is 0.328 e. The van der Waals surface area contributed by atoms with Crippen molar-refractivity contribution < 1.29 is 14.7 Å². The van der Waals surface area contributed by atoms with Gasteiger partial charge in [0, 0.05) is 12.0 Å². The molecule has 0 aliphatic carbocycles. The summed E-state index contributed by atoms with van der Waals surface area (Å²) in [4.78, 5) is 20.4. The summed E-state index contributed by atoms with van der Waals surface area (Å²) in [5.41, 5.74) is 1.04. The monoisotopic (exact) mass is 208 g/mol. The average Bonchev–Trinajstić information content (AvgIpc) is 2.17. The fraction of sp³-hybridized carbons (Fsp3) is 0.333. The number of carbonyl (C=O) groups excluding carboxylic acids is 1. The zero-order valence-electron chi connectivity index (χ0n) is 9.01. The van der Waals surface area contributed by atoms with Gasteiger partial charge in [-0.1, -0.05) is 36.8 Å². The second kappa shape index (κ2) is 7.74. The molecular weight excluding hydrogens is 192 g/mol. The summed E-state index contributed by atoms with van der Waals surface area (Å²) in [5, 5.41) is 8.34. The Morgan fingerprint density at radius 2 is 2.13 bits per heavy atom. The van der Waals surface area contributed by atoms with Crippen LogP contribution in [0.2, 0.25) is 0 Å². The van der Waals surface area contributed by atoms with Crippen LogP contribution in [0.25, 0.3) is 0 Å². The first-order valence-electron chi connectivity index (χ1n) is 4.75. The maximum Gasteiger partial charge on any atom is 0.328 e. The highest BCUT2D eigenvalue weighted by atomic mass is 16.4. The van der Waals surface area contributed by atoms with E-state index < -0.39 is 5.97 Å². The predicted molar refractivity (Wildman–Crippen MR) is 59.5 cm³/mol. The Kier molecular flexibility index (Phi) is 6.89. The molecule has 1 atom stereocenters. The fourth-order valence-corrected chi connectivity index (χ4v) is 0.877. The molecule has 0 aliphatic rings. The van der Waals surface area contributed by atoms with Crippen molar-refractivity contribution in [1.82, 2.24) is 0 Å². The van der Waals surface area contributed by atoms with Crippen LogP contribution in [0.4, 0.5) is 0 Å². The first kappa shape index (κ1) is 13.4. The van der Waals surface area contributed by atoms with E-state index in [4.69, 9.17) is 5.11 Å². The number of hydrogen-bond donors (Lipinski definition) is 1. The molecule has 3 nitrogen and oxygen atoms in total. The molecule has 0 radical (unpaired) electrons. The van der Waals surface area contributed by atoms with Crippen LogP contribution in [-0.2, 0) is 9.59 Å². The summed E-state index contributed by atoms with van der Waals surface area (Å²) >= 11 is 0. The third-order valence-corrected chi connectivity index (χ3v) is 1.71. The summed E-state index contributed by atoms with van der Waals surface area (Å²) < 4.78 is 0. The van der Waals surface area contributed by atoms with Crippen LogP contribution in [0.15, 0.2) is 36.0 Å². The molecule has 0 bridgehead atoms. The molecule has 0 rings (SSSR count). The SMILES string of the molecule is CC(=CC=CC(=O)O)CC=CC(C)C=O. The zero-order valence-corrected chi connectivity index (χ0v) is 9.01. The van der Waals surface area contributed by atoms with Gasteiger partial charge in [0.2, 0.25) is 0 Å². The highest BCUT2D eigenvalue weighted by Crippen LogP contribution is 2.03. The Morgan fingerprint density at radius 3 is 2.67 bits per heavy atom. The molecule has 0 amide bonds. The van der Waals surface area contributed by atoms with E-state index in [1.165, 1.54) is 6.08 Å². The van der Waals surface area contributed by atoms with E-state index in [-0.39, 0.29) is 5.92 Å². The molecule has 0 aromatic heterocycles. The molecule has 0 saturated heterocycles. The molecule has 0 heterocycles. The van der Waals surface area contributed by atoms with Crippen LogP contribution in [0, 0.1) is 5.92 Å². The number of hydrogen-bond acceptors (Lipinski definition) is 2. The normalized spacial score (nSPS) is 14.7. The molecule has 82 valence electrons. The van der Waals surface area contributed by atoms with Gasteiger partial charge in [-0.3, -0.25) is 0 Å². The summed E-state index contributed by atoms with van der Waals surface area (Å²) in [6.45, 7) is 3.72. The first-order valence-corrected chi connectivity index (χ1v) is 4.75.